The smallest absolute Gasteiger partial charge is 0.422 e. The minimum Gasteiger partial charge on any atom is -0.489 e. The van der Waals surface area contributed by atoms with Crippen molar-refractivity contribution in [3.05, 3.63) is 52.5 Å². The van der Waals surface area contributed by atoms with Crippen LogP contribution in [0.3, 0.4) is 0 Å². The largest absolute Gasteiger partial charge is 0.489 e. The first-order chi connectivity index (χ1) is 13.8. The van der Waals surface area contributed by atoms with E-state index in [9.17, 15) is 18.0 Å². The Morgan fingerprint density at radius 3 is 2.55 bits per heavy atom. The van der Waals surface area contributed by atoms with E-state index >= 15 is 0 Å². The summed E-state index contributed by atoms with van der Waals surface area (Å²) in [5, 5.41) is 3.15. The molecule has 3 rings (SSSR count). The van der Waals surface area contributed by atoms with Crippen LogP contribution in [0.4, 0.5) is 13.2 Å². The summed E-state index contributed by atoms with van der Waals surface area (Å²) in [6.45, 7) is -0.0773. The number of rotatable bonds is 6. The molecule has 1 aliphatic rings. The van der Waals surface area contributed by atoms with E-state index in [2.05, 4.69) is 10.1 Å². The zero-order valence-corrected chi connectivity index (χ0v) is 16.1. The van der Waals surface area contributed by atoms with Gasteiger partial charge in [-0.3, -0.25) is 4.79 Å². The van der Waals surface area contributed by atoms with Gasteiger partial charge in [-0.1, -0.05) is 23.7 Å². The van der Waals surface area contributed by atoms with Gasteiger partial charge in [0.1, 0.15) is 5.75 Å². The van der Waals surface area contributed by atoms with Crippen molar-refractivity contribution in [2.45, 2.75) is 25.6 Å². The number of carbonyl (C=O) groups is 1. The average molecular weight is 430 g/mol. The van der Waals surface area contributed by atoms with Gasteiger partial charge in [0, 0.05) is 13.0 Å². The molecule has 0 saturated heterocycles. The topological polar surface area (TPSA) is 56.8 Å². The third-order valence-electron chi connectivity index (χ3n) is 4.04. The lowest BCUT2D eigenvalue weighted by Gasteiger charge is -2.12. The Kier molecular flexibility index (Phi) is 6.74. The normalized spacial score (nSPS) is 13.5. The highest BCUT2D eigenvalue weighted by Crippen LogP contribution is 2.38. The number of ether oxygens (including phenoxy) is 3. The fourth-order valence-corrected chi connectivity index (χ4v) is 2.99. The molecular formula is C20H19ClF3NO4. The molecule has 0 aromatic heterocycles. The van der Waals surface area contributed by atoms with Crippen LogP contribution in [0.5, 0.6) is 17.2 Å². The maximum absolute atomic E-state index is 12.2. The molecule has 5 nitrogen and oxygen atoms in total. The third kappa shape index (κ3) is 6.45. The quantitative estimate of drug-likeness (QED) is 0.743. The van der Waals surface area contributed by atoms with Crippen molar-refractivity contribution in [1.82, 2.24) is 5.32 Å². The van der Waals surface area contributed by atoms with Crippen LogP contribution in [0.15, 0.2) is 36.4 Å². The van der Waals surface area contributed by atoms with Crippen molar-refractivity contribution in [1.29, 1.82) is 0 Å². The van der Waals surface area contributed by atoms with E-state index in [-0.39, 0.29) is 24.6 Å². The summed E-state index contributed by atoms with van der Waals surface area (Å²) < 4.78 is 52.3. The number of benzene rings is 2. The molecule has 9 heteroatoms. The second kappa shape index (κ2) is 9.26. The van der Waals surface area contributed by atoms with Gasteiger partial charge in [-0.15, -0.1) is 0 Å². The number of hydrogen-bond donors (Lipinski definition) is 1. The molecular weight excluding hydrogens is 411 g/mol. The summed E-state index contributed by atoms with van der Waals surface area (Å²) in [7, 11) is 0. The molecule has 1 N–H and O–H groups in total. The Bertz CT molecular complexity index is 856. The Labute approximate surface area is 170 Å². The summed E-state index contributed by atoms with van der Waals surface area (Å²) >= 11 is 6.23. The van der Waals surface area contributed by atoms with Gasteiger partial charge in [0.2, 0.25) is 5.91 Å². The summed E-state index contributed by atoms with van der Waals surface area (Å²) in [6.07, 6.45) is -3.54. The lowest BCUT2D eigenvalue weighted by atomic mass is 10.1. The van der Waals surface area contributed by atoms with Crippen LogP contribution in [0.25, 0.3) is 0 Å². The molecule has 1 amide bonds. The minimum atomic E-state index is -4.39. The van der Waals surface area contributed by atoms with Crippen molar-refractivity contribution in [3.63, 3.8) is 0 Å². The Morgan fingerprint density at radius 2 is 1.83 bits per heavy atom. The number of amides is 1. The number of hydrogen-bond acceptors (Lipinski definition) is 4. The maximum atomic E-state index is 12.2. The van der Waals surface area contributed by atoms with Crippen molar-refractivity contribution in [3.8, 4) is 17.2 Å². The molecule has 0 radical (unpaired) electrons. The van der Waals surface area contributed by atoms with Crippen LogP contribution in [0.2, 0.25) is 5.02 Å². The van der Waals surface area contributed by atoms with Gasteiger partial charge in [0.15, 0.2) is 18.1 Å². The predicted molar refractivity (Wildman–Crippen MR) is 101 cm³/mol. The molecule has 1 aliphatic heterocycles. The number of halogens is 4. The van der Waals surface area contributed by atoms with Gasteiger partial charge in [-0.25, -0.2) is 0 Å². The van der Waals surface area contributed by atoms with Crippen LogP contribution in [-0.2, 0) is 17.8 Å². The molecule has 156 valence electrons. The van der Waals surface area contributed by atoms with Crippen molar-refractivity contribution in [2.24, 2.45) is 0 Å². The van der Waals surface area contributed by atoms with Crippen LogP contribution >= 0.6 is 11.6 Å². The van der Waals surface area contributed by atoms with Crippen LogP contribution in [-0.4, -0.2) is 31.9 Å². The van der Waals surface area contributed by atoms with Gasteiger partial charge in [0.05, 0.1) is 24.7 Å². The SMILES string of the molecule is O=C(Cc1cc(Cl)c2c(c1)OCCCO2)NCc1ccc(OCC(F)(F)F)cc1. The second-order valence-electron chi connectivity index (χ2n) is 6.46. The lowest BCUT2D eigenvalue weighted by Crippen LogP contribution is -2.24. The van der Waals surface area contributed by atoms with E-state index in [1.807, 2.05) is 0 Å². The summed E-state index contributed by atoms with van der Waals surface area (Å²) in [5.74, 6) is 0.889. The van der Waals surface area contributed by atoms with Gasteiger partial charge in [-0.2, -0.15) is 13.2 Å². The highest BCUT2D eigenvalue weighted by atomic mass is 35.5. The van der Waals surface area contributed by atoms with Gasteiger partial charge in [-0.05, 0) is 35.4 Å². The fraction of sp³-hybridized carbons (Fsp3) is 0.350. The number of fused-ring (bicyclic) bond motifs is 1. The molecule has 0 bridgehead atoms. The fourth-order valence-electron chi connectivity index (χ4n) is 2.70. The molecule has 2 aromatic rings. The average Bonchev–Trinajstić information content (AvgIpc) is 2.91. The first-order valence-corrected chi connectivity index (χ1v) is 9.31. The minimum absolute atomic E-state index is 0.100. The first kappa shape index (κ1) is 21.1. The van der Waals surface area contributed by atoms with Crippen molar-refractivity contribution < 1.29 is 32.2 Å². The van der Waals surface area contributed by atoms with Crippen LogP contribution < -0.4 is 19.5 Å². The van der Waals surface area contributed by atoms with Gasteiger partial charge >= 0.3 is 6.18 Å². The summed E-state index contributed by atoms with van der Waals surface area (Å²) in [6, 6.07) is 9.45. The first-order valence-electron chi connectivity index (χ1n) is 8.93. The molecule has 0 spiro atoms. The lowest BCUT2D eigenvalue weighted by molar-refractivity contribution is -0.153. The summed E-state index contributed by atoms with van der Waals surface area (Å²) in [5.41, 5.74) is 1.42. The van der Waals surface area contributed by atoms with E-state index in [1.54, 1.807) is 24.3 Å². The Balaban J connectivity index is 1.52. The summed E-state index contributed by atoms with van der Waals surface area (Å²) in [4.78, 5) is 12.2. The predicted octanol–water partition coefficient (Wildman–Crippen LogP) is 4.30. The third-order valence-corrected chi connectivity index (χ3v) is 4.32. The molecule has 0 aliphatic carbocycles. The Morgan fingerprint density at radius 1 is 1.10 bits per heavy atom. The van der Waals surface area contributed by atoms with Crippen molar-refractivity contribution in [2.75, 3.05) is 19.8 Å². The highest BCUT2D eigenvalue weighted by molar-refractivity contribution is 6.32. The zero-order valence-electron chi connectivity index (χ0n) is 15.4. The van der Waals surface area contributed by atoms with E-state index < -0.39 is 12.8 Å². The van der Waals surface area contributed by atoms with Crippen LogP contribution in [0, 0.1) is 0 Å². The van der Waals surface area contributed by atoms with E-state index in [0.29, 0.717) is 35.3 Å². The molecule has 0 fully saturated rings. The van der Waals surface area contributed by atoms with Gasteiger partial charge < -0.3 is 19.5 Å². The molecule has 29 heavy (non-hydrogen) atoms. The number of nitrogens with one attached hydrogen (secondary N) is 1. The molecule has 0 unspecified atom stereocenters. The number of alkyl halides is 3. The highest BCUT2D eigenvalue weighted by Gasteiger charge is 2.28. The molecule has 0 atom stereocenters. The molecule has 2 aromatic carbocycles. The standard InChI is InChI=1S/C20H19ClF3NO4/c21-16-8-14(9-17-19(16)28-7-1-6-27-17)10-18(26)25-11-13-2-4-15(5-3-13)29-12-20(22,23)24/h2-5,8-9H,1,6-7,10-12H2,(H,25,26). The second-order valence-corrected chi connectivity index (χ2v) is 6.86. The zero-order chi connectivity index (χ0) is 20.9. The van der Waals surface area contributed by atoms with E-state index in [0.717, 1.165) is 12.0 Å². The monoisotopic (exact) mass is 429 g/mol. The Hall–Kier alpha value is -2.61. The van der Waals surface area contributed by atoms with E-state index in [4.69, 9.17) is 21.1 Å². The van der Waals surface area contributed by atoms with Crippen LogP contribution in [0.1, 0.15) is 17.5 Å². The molecule has 1 heterocycles. The van der Waals surface area contributed by atoms with Crippen molar-refractivity contribution >= 4 is 17.5 Å². The number of carbonyl (C=O) groups excluding carboxylic acids is 1. The van der Waals surface area contributed by atoms with E-state index in [1.165, 1.54) is 12.1 Å². The molecule has 0 saturated carbocycles. The van der Waals surface area contributed by atoms with Gasteiger partial charge in [0.25, 0.3) is 0 Å². The maximum Gasteiger partial charge on any atom is 0.422 e.